The van der Waals surface area contributed by atoms with E-state index in [9.17, 15) is 21.6 Å². The molecule has 0 aliphatic carbocycles. The van der Waals surface area contributed by atoms with Crippen LogP contribution in [0.1, 0.15) is 24.8 Å². The van der Waals surface area contributed by atoms with Crippen molar-refractivity contribution in [1.82, 2.24) is 19.3 Å². The Bertz CT molecular complexity index is 821. The Balaban J connectivity index is 2.12. The van der Waals surface area contributed by atoms with Crippen LogP contribution >= 0.6 is 0 Å². The molecule has 8 nitrogen and oxygen atoms in total. The van der Waals surface area contributed by atoms with Crippen molar-refractivity contribution >= 4 is 10.2 Å². The first kappa shape index (κ1) is 20.3. The van der Waals surface area contributed by atoms with Crippen molar-refractivity contribution in [2.45, 2.75) is 26.1 Å². The summed E-state index contributed by atoms with van der Waals surface area (Å²) in [4.78, 5) is 8.18. The average Bonchev–Trinajstić information content (AvgIpc) is 3.08. The lowest BCUT2D eigenvalue weighted by atomic mass is 10.1. The zero-order chi connectivity index (χ0) is 19.4. The van der Waals surface area contributed by atoms with Crippen LogP contribution in [-0.2, 0) is 27.8 Å². The van der Waals surface area contributed by atoms with E-state index in [-0.39, 0.29) is 18.9 Å². The first-order chi connectivity index (χ1) is 12.2. The lowest BCUT2D eigenvalue weighted by Crippen LogP contribution is -2.39. The summed E-state index contributed by atoms with van der Waals surface area (Å²) >= 11 is 0. The smallest absolute Gasteiger partial charge is 0.329 e. The summed E-state index contributed by atoms with van der Waals surface area (Å²) in [6.07, 6.45) is -4.10. The highest BCUT2D eigenvalue weighted by molar-refractivity contribution is 7.86. The molecular formula is C14H17F3N4O4S. The lowest BCUT2D eigenvalue weighted by molar-refractivity contribution is -0.159. The van der Waals surface area contributed by atoms with E-state index in [1.807, 2.05) is 6.92 Å². The van der Waals surface area contributed by atoms with Crippen molar-refractivity contribution in [3.05, 3.63) is 35.7 Å². The molecule has 2 rings (SSSR count). The molecule has 0 unspecified atom stereocenters. The van der Waals surface area contributed by atoms with Crippen LogP contribution in [0.25, 0.3) is 11.4 Å². The Morgan fingerprint density at radius 1 is 1.27 bits per heavy atom. The maximum atomic E-state index is 12.5. The number of alkyl halides is 3. The molecule has 2 aromatic rings. The Labute approximate surface area is 148 Å². The van der Waals surface area contributed by atoms with E-state index in [0.29, 0.717) is 17.5 Å². The standard InChI is InChI=1S/C14H17F3N4O4S/c1-3-8-18-26(22,23)21(24-2)9-10-4-6-11(7-5-10)12-19-13(25-20-12)14(15,16)17/h4-7,18H,3,8-9H2,1-2H3. The molecule has 0 aliphatic rings. The van der Waals surface area contributed by atoms with E-state index < -0.39 is 22.3 Å². The van der Waals surface area contributed by atoms with Gasteiger partial charge in [0.25, 0.3) is 0 Å². The molecule has 144 valence electrons. The van der Waals surface area contributed by atoms with E-state index in [0.717, 1.165) is 4.47 Å². The summed E-state index contributed by atoms with van der Waals surface area (Å²) in [5.74, 6) is -1.65. The van der Waals surface area contributed by atoms with Gasteiger partial charge in [-0.25, -0.2) is 4.72 Å². The third kappa shape index (κ3) is 5.00. The van der Waals surface area contributed by atoms with Gasteiger partial charge in [-0.2, -0.15) is 26.6 Å². The maximum Gasteiger partial charge on any atom is 0.471 e. The van der Waals surface area contributed by atoms with Crippen LogP contribution < -0.4 is 4.72 Å². The molecule has 0 saturated heterocycles. The summed E-state index contributed by atoms with van der Waals surface area (Å²) in [6, 6.07) is 5.97. The van der Waals surface area contributed by atoms with Gasteiger partial charge < -0.3 is 4.52 Å². The number of hydroxylamine groups is 1. The number of halogens is 3. The van der Waals surface area contributed by atoms with Crippen LogP contribution in [0.5, 0.6) is 0 Å². The molecule has 0 spiro atoms. The van der Waals surface area contributed by atoms with Crippen molar-refractivity contribution in [3.8, 4) is 11.4 Å². The van der Waals surface area contributed by atoms with Gasteiger partial charge in [-0.3, -0.25) is 4.84 Å². The van der Waals surface area contributed by atoms with Crippen LogP contribution in [-0.4, -0.2) is 36.7 Å². The van der Waals surface area contributed by atoms with Crippen LogP contribution in [0.2, 0.25) is 0 Å². The summed E-state index contributed by atoms with van der Waals surface area (Å²) in [7, 11) is -2.59. The van der Waals surface area contributed by atoms with E-state index in [1.54, 1.807) is 0 Å². The van der Waals surface area contributed by atoms with Crippen LogP contribution in [0, 0.1) is 0 Å². The highest BCUT2D eigenvalue weighted by atomic mass is 32.2. The molecule has 1 heterocycles. The zero-order valence-corrected chi connectivity index (χ0v) is 14.8. The normalized spacial score (nSPS) is 12.7. The third-order valence-electron chi connectivity index (χ3n) is 3.20. The highest BCUT2D eigenvalue weighted by Gasteiger charge is 2.38. The zero-order valence-electron chi connectivity index (χ0n) is 13.9. The Morgan fingerprint density at radius 3 is 2.42 bits per heavy atom. The fourth-order valence-corrected chi connectivity index (χ4v) is 3.04. The van der Waals surface area contributed by atoms with Gasteiger partial charge in [0.05, 0.1) is 13.7 Å². The number of rotatable bonds is 8. The number of nitrogens with one attached hydrogen (secondary N) is 1. The van der Waals surface area contributed by atoms with Gasteiger partial charge in [0.15, 0.2) is 0 Å². The minimum Gasteiger partial charge on any atom is -0.329 e. The molecule has 0 aliphatic heterocycles. The van der Waals surface area contributed by atoms with Gasteiger partial charge >= 0.3 is 22.3 Å². The number of benzene rings is 1. The second-order valence-corrected chi connectivity index (χ2v) is 6.81. The molecule has 0 atom stereocenters. The largest absolute Gasteiger partial charge is 0.471 e. The number of hydrogen-bond donors (Lipinski definition) is 1. The lowest BCUT2D eigenvalue weighted by Gasteiger charge is -2.19. The van der Waals surface area contributed by atoms with E-state index in [2.05, 4.69) is 19.4 Å². The first-order valence-corrected chi connectivity index (χ1v) is 8.93. The molecule has 1 N–H and O–H groups in total. The average molecular weight is 394 g/mol. The Morgan fingerprint density at radius 2 is 1.92 bits per heavy atom. The molecule has 0 saturated carbocycles. The van der Waals surface area contributed by atoms with Crippen LogP contribution in [0.3, 0.4) is 0 Å². The maximum absolute atomic E-state index is 12.5. The van der Waals surface area contributed by atoms with Gasteiger partial charge in [0.1, 0.15) is 0 Å². The van der Waals surface area contributed by atoms with Gasteiger partial charge in [0, 0.05) is 12.1 Å². The minimum absolute atomic E-state index is 0.0874. The molecule has 1 aromatic carbocycles. The Hall–Kier alpha value is -2.02. The van der Waals surface area contributed by atoms with Gasteiger partial charge in [-0.15, -0.1) is 0 Å². The van der Waals surface area contributed by atoms with Gasteiger partial charge in [0.2, 0.25) is 5.82 Å². The number of aromatic nitrogens is 2. The molecule has 0 bridgehead atoms. The first-order valence-electron chi connectivity index (χ1n) is 7.49. The predicted molar refractivity (Wildman–Crippen MR) is 84.5 cm³/mol. The molecule has 0 fully saturated rings. The summed E-state index contributed by atoms with van der Waals surface area (Å²) in [5.41, 5.74) is 0.848. The van der Waals surface area contributed by atoms with E-state index >= 15 is 0 Å². The van der Waals surface area contributed by atoms with Crippen molar-refractivity contribution in [3.63, 3.8) is 0 Å². The number of nitrogens with zero attached hydrogens (tertiary/aromatic N) is 3. The fraction of sp³-hybridized carbons (Fsp3) is 0.429. The second kappa shape index (κ2) is 8.12. The van der Waals surface area contributed by atoms with Crippen molar-refractivity contribution in [2.24, 2.45) is 0 Å². The molecule has 0 radical (unpaired) electrons. The Kier molecular flexibility index (Phi) is 6.34. The van der Waals surface area contributed by atoms with E-state index in [1.165, 1.54) is 31.4 Å². The second-order valence-electron chi connectivity index (χ2n) is 5.16. The van der Waals surface area contributed by atoms with Crippen molar-refractivity contribution in [1.29, 1.82) is 0 Å². The molecule has 0 amide bonds. The quantitative estimate of drug-likeness (QED) is 0.691. The predicted octanol–water partition coefficient (Wildman–Crippen LogP) is 2.36. The summed E-state index contributed by atoms with van der Waals surface area (Å²) in [6.45, 7) is 2.00. The third-order valence-corrected chi connectivity index (χ3v) is 4.58. The van der Waals surface area contributed by atoms with E-state index in [4.69, 9.17) is 4.84 Å². The monoisotopic (exact) mass is 394 g/mol. The SMILES string of the molecule is CCCNS(=O)(=O)N(Cc1ccc(-c2noc(C(F)(F)F)n2)cc1)OC. The molecule has 1 aromatic heterocycles. The van der Waals surface area contributed by atoms with Gasteiger partial charge in [-0.1, -0.05) is 40.8 Å². The number of hydrogen-bond acceptors (Lipinski definition) is 6. The topological polar surface area (TPSA) is 97.6 Å². The minimum atomic E-state index is -4.72. The van der Waals surface area contributed by atoms with Crippen molar-refractivity contribution in [2.75, 3.05) is 13.7 Å². The molecule has 26 heavy (non-hydrogen) atoms. The molecular weight excluding hydrogens is 377 g/mol. The fourth-order valence-electron chi connectivity index (χ4n) is 1.91. The van der Waals surface area contributed by atoms with Crippen LogP contribution in [0.4, 0.5) is 13.2 Å². The van der Waals surface area contributed by atoms with Gasteiger partial charge in [-0.05, 0) is 12.0 Å². The summed E-state index contributed by atoms with van der Waals surface area (Å²) in [5, 5.41) is 3.29. The summed E-state index contributed by atoms with van der Waals surface area (Å²) < 4.78 is 68.9. The highest BCUT2D eigenvalue weighted by Crippen LogP contribution is 2.29. The van der Waals surface area contributed by atoms with Crippen molar-refractivity contribution < 1.29 is 30.9 Å². The molecule has 12 heteroatoms. The van der Waals surface area contributed by atoms with Crippen LogP contribution in [0.15, 0.2) is 28.8 Å².